The number of hydrogen-bond donors (Lipinski definition) is 4. The first-order valence-corrected chi connectivity index (χ1v) is 7.37. The Bertz CT molecular complexity index is 602. The standard InChI is InChI=1S/C11H18N6O2S/c1-2-7-15-20(18,19)9-5-3-8(4-6-9)16-11(14)17-10(12)13/h3-6,15H,2,7H2,1H3,(H6,12,13,14,16,17). The molecule has 8 nitrogen and oxygen atoms in total. The van der Waals surface area contributed by atoms with Crippen LogP contribution >= 0.6 is 0 Å². The lowest BCUT2D eigenvalue weighted by atomic mass is 10.3. The van der Waals surface area contributed by atoms with Crippen molar-refractivity contribution in [3.05, 3.63) is 24.3 Å². The molecule has 0 fully saturated rings. The zero-order valence-electron chi connectivity index (χ0n) is 11.1. The SMILES string of the molecule is CCCNS(=O)(=O)c1ccc(N=C(N)N=C(N)N)cc1. The van der Waals surface area contributed by atoms with Crippen LogP contribution in [0.4, 0.5) is 5.69 Å². The average molecular weight is 298 g/mol. The molecule has 0 saturated heterocycles. The fourth-order valence-corrected chi connectivity index (χ4v) is 2.44. The normalized spacial score (nSPS) is 12.2. The highest BCUT2D eigenvalue weighted by Gasteiger charge is 2.12. The van der Waals surface area contributed by atoms with Crippen molar-refractivity contribution in [2.24, 2.45) is 27.2 Å². The fourth-order valence-electron chi connectivity index (χ4n) is 1.31. The van der Waals surface area contributed by atoms with Gasteiger partial charge in [-0.25, -0.2) is 18.1 Å². The Hall–Kier alpha value is -2.13. The summed E-state index contributed by atoms with van der Waals surface area (Å²) in [6, 6.07) is 5.88. The molecule has 20 heavy (non-hydrogen) atoms. The van der Waals surface area contributed by atoms with Gasteiger partial charge in [0.25, 0.3) is 0 Å². The van der Waals surface area contributed by atoms with Gasteiger partial charge < -0.3 is 17.2 Å². The number of nitrogens with zero attached hydrogens (tertiary/aromatic N) is 2. The number of benzene rings is 1. The van der Waals surface area contributed by atoms with Crippen LogP contribution in [0.25, 0.3) is 0 Å². The van der Waals surface area contributed by atoms with Gasteiger partial charge in [0.15, 0.2) is 5.96 Å². The van der Waals surface area contributed by atoms with Gasteiger partial charge in [0, 0.05) is 6.54 Å². The Morgan fingerprint density at radius 2 is 1.80 bits per heavy atom. The smallest absolute Gasteiger partial charge is 0.240 e. The first-order valence-electron chi connectivity index (χ1n) is 5.88. The summed E-state index contributed by atoms with van der Waals surface area (Å²) in [5, 5.41) is 0. The van der Waals surface area contributed by atoms with Crippen LogP contribution < -0.4 is 21.9 Å². The highest BCUT2D eigenvalue weighted by Crippen LogP contribution is 2.16. The second-order valence-corrected chi connectivity index (χ2v) is 5.67. The molecule has 1 aromatic rings. The largest absolute Gasteiger partial charge is 0.370 e. The minimum absolute atomic E-state index is 0.107. The van der Waals surface area contributed by atoms with Gasteiger partial charge in [0.05, 0.1) is 10.6 Å². The van der Waals surface area contributed by atoms with Crippen LogP contribution in [0, 0.1) is 0 Å². The maximum atomic E-state index is 11.8. The van der Waals surface area contributed by atoms with Crippen LogP contribution in [0.3, 0.4) is 0 Å². The van der Waals surface area contributed by atoms with Crippen molar-refractivity contribution in [3.63, 3.8) is 0 Å². The van der Waals surface area contributed by atoms with E-state index in [4.69, 9.17) is 17.2 Å². The van der Waals surface area contributed by atoms with E-state index in [0.717, 1.165) is 6.42 Å². The molecular weight excluding hydrogens is 280 g/mol. The maximum Gasteiger partial charge on any atom is 0.240 e. The molecule has 0 aliphatic heterocycles. The van der Waals surface area contributed by atoms with Crippen molar-refractivity contribution in [3.8, 4) is 0 Å². The average Bonchev–Trinajstić information content (AvgIpc) is 2.36. The molecule has 7 N–H and O–H groups in total. The monoisotopic (exact) mass is 298 g/mol. The van der Waals surface area contributed by atoms with E-state index in [1.807, 2.05) is 6.92 Å². The molecule has 0 radical (unpaired) electrons. The zero-order chi connectivity index (χ0) is 15.2. The van der Waals surface area contributed by atoms with E-state index < -0.39 is 10.0 Å². The van der Waals surface area contributed by atoms with Crippen molar-refractivity contribution in [2.45, 2.75) is 18.2 Å². The number of aliphatic imine (C=N–C) groups is 2. The first-order chi connectivity index (χ1) is 9.35. The second kappa shape index (κ2) is 6.87. The lowest BCUT2D eigenvalue weighted by Crippen LogP contribution is -2.26. The first kappa shape index (κ1) is 15.9. The van der Waals surface area contributed by atoms with E-state index in [0.29, 0.717) is 12.2 Å². The van der Waals surface area contributed by atoms with Gasteiger partial charge in [-0.2, -0.15) is 4.99 Å². The Kier molecular flexibility index (Phi) is 5.47. The molecule has 0 atom stereocenters. The summed E-state index contributed by atoms with van der Waals surface area (Å²) in [6.45, 7) is 2.27. The van der Waals surface area contributed by atoms with Crippen LogP contribution in [0.2, 0.25) is 0 Å². The summed E-state index contributed by atoms with van der Waals surface area (Å²) in [7, 11) is -3.48. The Balaban J connectivity index is 2.92. The van der Waals surface area contributed by atoms with Crippen LogP contribution in [0.1, 0.15) is 13.3 Å². The number of sulfonamides is 1. The van der Waals surface area contributed by atoms with Gasteiger partial charge in [-0.05, 0) is 30.7 Å². The number of hydrogen-bond acceptors (Lipinski definition) is 3. The topological polar surface area (TPSA) is 149 Å². The number of nitrogens with one attached hydrogen (secondary N) is 1. The van der Waals surface area contributed by atoms with Gasteiger partial charge in [0.2, 0.25) is 16.0 Å². The number of nitrogens with two attached hydrogens (primary N) is 3. The number of guanidine groups is 2. The summed E-state index contributed by atoms with van der Waals surface area (Å²) in [5.74, 6) is -0.307. The van der Waals surface area contributed by atoms with Crippen molar-refractivity contribution < 1.29 is 8.42 Å². The van der Waals surface area contributed by atoms with E-state index in [-0.39, 0.29) is 16.8 Å². The molecule has 110 valence electrons. The van der Waals surface area contributed by atoms with Crippen LogP contribution in [0.5, 0.6) is 0 Å². The molecule has 0 spiro atoms. The third kappa shape index (κ3) is 4.86. The van der Waals surface area contributed by atoms with Crippen molar-refractivity contribution >= 4 is 27.6 Å². The summed E-state index contributed by atoms with van der Waals surface area (Å²) < 4.78 is 26.2. The molecule has 0 bridgehead atoms. The van der Waals surface area contributed by atoms with E-state index >= 15 is 0 Å². The zero-order valence-corrected chi connectivity index (χ0v) is 11.9. The van der Waals surface area contributed by atoms with E-state index in [2.05, 4.69) is 14.7 Å². The van der Waals surface area contributed by atoms with E-state index in [1.165, 1.54) is 24.3 Å². The lowest BCUT2D eigenvalue weighted by Gasteiger charge is -2.05. The molecular formula is C11H18N6O2S. The summed E-state index contributed by atoms with van der Waals surface area (Å²) in [6.07, 6.45) is 0.719. The molecule has 1 aromatic carbocycles. The quantitative estimate of drug-likeness (QED) is 0.431. The minimum atomic E-state index is -3.48. The lowest BCUT2D eigenvalue weighted by molar-refractivity contribution is 0.581. The molecule has 9 heteroatoms. The van der Waals surface area contributed by atoms with Gasteiger partial charge in [-0.1, -0.05) is 6.92 Å². The molecule has 0 amide bonds. The van der Waals surface area contributed by atoms with Crippen LogP contribution in [0.15, 0.2) is 39.1 Å². The van der Waals surface area contributed by atoms with Crippen LogP contribution in [-0.2, 0) is 10.0 Å². The summed E-state index contributed by atoms with van der Waals surface area (Å²) >= 11 is 0. The third-order valence-electron chi connectivity index (χ3n) is 2.18. The number of rotatable bonds is 5. The van der Waals surface area contributed by atoms with Crippen molar-refractivity contribution in [2.75, 3.05) is 6.54 Å². The fraction of sp³-hybridized carbons (Fsp3) is 0.273. The molecule has 0 aromatic heterocycles. The van der Waals surface area contributed by atoms with Gasteiger partial charge in [0.1, 0.15) is 0 Å². The van der Waals surface area contributed by atoms with E-state index in [1.54, 1.807) is 0 Å². The minimum Gasteiger partial charge on any atom is -0.370 e. The molecule has 0 unspecified atom stereocenters. The highest BCUT2D eigenvalue weighted by molar-refractivity contribution is 7.89. The highest BCUT2D eigenvalue weighted by atomic mass is 32.2. The predicted molar refractivity (Wildman–Crippen MR) is 79.0 cm³/mol. The Labute approximate surface area is 117 Å². The summed E-state index contributed by atoms with van der Waals surface area (Å²) in [5.41, 5.74) is 16.2. The third-order valence-corrected chi connectivity index (χ3v) is 3.65. The Morgan fingerprint density at radius 1 is 1.20 bits per heavy atom. The van der Waals surface area contributed by atoms with E-state index in [9.17, 15) is 8.42 Å². The summed E-state index contributed by atoms with van der Waals surface area (Å²) in [4.78, 5) is 7.63. The van der Waals surface area contributed by atoms with Crippen molar-refractivity contribution in [1.82, 2.24) is 4.72 Å². The van der Waals surface area contributed by atoms with Crippen LogP contribution in [-0.4, -0.2) is 26.9 Å². The molecule has 0 heterocycles. The maximum absolute atomic E-state index is 11.8. The van der Waals surface area contributed by atoms with Gasteiger partial charge in [-0.15, -0.1) is 0 Å². The van der Waals surface area contributed by atoms with Gasteiger partial charge >= 0.3 is 0 Å². The van der Waals surface area contributed by atoms with Gasteiger partial charge in [-0.3, -0.25) is 0 Å². The molecule has 1 rings (SSSR count). The molecule has 0 aliphatic carbocycles. The second-order valence-electron chi connectivity index (χ2n) is 3.90. The molecule has 0 saturated carbocycles. The van der Waals surface area contributed by atoms with Crippen molar-refractivity contribution in [1.29, 1.82) is 0 Å². The Morgan fingerprint density at radius 3 is 2.30 bits per heavy atom. The molecule has 0 aliphatic rings. The predicted octanol–water partition coefficient (Wildman–Crippen LogP) is -0.405.